The van der Waals surface area contributed by atoms with Crippen LogP contribution in [0.15, 0.2) is 47.4 Å². The minimum atomic E-state index is -0.0305. The van der Waals surface area contributed by atoms with Crippen LogP contribution in [0.25, 0.3) is 0 Å². The number of nitrogens with one attached hydrogen (secondary N) is 2. The molecule has 4 heteroatoms. The highest BCUT2D eigenvalue weighted by atomic mass is 32.2. The first-order valence-corrected chi connectivity index (χ1v) is 8.32. The highest BCUT2D eigenvalue weighted by Crippen LogP contribution is 2.28. The van der Waals surface area contributed by atoms with Crippen LogP contribution in [0.1, 0.15) is 22.3 Å². The summed E-state index contributed by atoms with van der Waals surface area (Å²) < 4.78 is 0. The molecule has 0 bridgehead atoms. The van der Waals surface area contributed by atoms with Gasteiger partial charge in [0.25, 0.3) is 5.91 Å². The van der Waals surface area contributed by atoms with Crippen molar-refractivity contribution in [2.45, 2.75) is 17.7 Å². The Balaban J connectivity index is 1.89. The molecule has 0 aliphatic carbocycles. The molecule has 0 radical (unpaired) electrons. The summed E-state index contributed by atoms with van der Waals surface area (Å²) in [5.74, 6) is -0.0305. The molecule has 1 amide bonds. The smallest absolute Gasteiger partial charge is 0.256 e. The molecular formula is C17H18N2OS. The molecule has 0 atom stereocenters. The molecule has 21 heavy (non-hydrogen) atoms. The van der Waals surface area contributed by atoms with Crippen molar-refractivity contribution in [1.82, 2.24) is 0 Å². The first-order valence-electron chi connectivity index (χ1n) is 7.09. The van der Waals surface area contributed by atoms with Crippen molar-refractivity contribution in [3.63, 3.8) is 0 Å². The molecule has 0 unspecified atom stereocenters. The summed E-state index contributed by atoms with van der Waals surface area (Å²) in [4.78, 5) is 13.7. The molecule has 0 spiro atoms. The zero-order valence-corrected chi connectivity index (χ0v) is 12.8. The van der Waals surface area contributed by atoms with Crippen LogP contribution in [-0.4, -0.2) is 18.7 Å². The van der Waals surface area contributed by atoms with Crippen LogP contribution >= 0.6 is 11.8 Å². The number of thioether (sulfide) groups is 1. The standard InChI is InChI=1S/C17H18N2OS/c1-21-16-10-3-2-8-15(16)19-17(20)13-6-4-9-14-12(13)7-5-11-18-14/h2-4,6,8-10,18H,5,7,11H2,1H3,(H,19,20). The average Bonchev–Trinajstić information content (AvgIpc) is 2.54. The van der Waals surface area contributed by atoms with Crippen molar-refractivity contribution in [3.05, 3.63) is 53.6 Å². The van der Waals surface area contributed by atoms with Gasteiger partial charge in [-0.3, -0.25) is 4.79 Å². The van der Waals surface area contributed by atoms with Crippen molar-refractivity contribution in [1.29, 1.82) is 0 Å². The van der Waals surface area contributed by atoms with Gasteiger partial charge >= 0.3 is 0 Å². The molecule has 1 aliphatic heterocycles. The molecule has 0 fully saturated rings. The monoisotopic (exact) mass is 298 g/mol. The maximum Gasteiger partial charge on any atom is 0.256 e. The highest BCUT2D eigenvalue weighted by Gasteiger charge is 2.17. The Morgan fingerprint density at radius 2 is 2.05 bits per heavy atom. The van der Waals surface area contributed by atoms with E-state index in [1.807, 2.05) is 48.7 Å². The van der Waals surface area contributed by atoms with Crippen molar-refractivity contribution in [2.24, 2.45) is 0 Å². The lowest BCUT2D eigenvalue weighted by Crippen LogP contribution is -2.19. The maximum absolute atomic E-state index is 12.6. The van der Waals surface area contributed by atoms with E-state index in [1.54, 1.807) is 11.8 Å². The molecule has 1 aliphatic rings. The maximum atomic E-state index is 12.6. The van der Waals surface area contributed by atoms with Gasteiger partial charge in [0.05, 0.1) is 5.69 Å². The van der Waals surface area contributed by atoms with E-state index in [0.717, 1.165) is 46.8 Å². The second kappa shape index (κ2) is 6.22. The van der Waals surface area contributed by atoms with E-state index in [2.05, 4.69) is 10.6 Å². The Morgan fingerprint density at radius 3 is 2.90 bits per heavy atom. The molecule has 2 aromatic rings. The number of carbonyl (C=O) groups is 1. The van der Waals surface area contributed by atoms with E-state index in [-0.39, 0.29) is 5.91 Å². The highest BCUT2D eigenvalue weighted by molar-refractivity contribution is 7.98. The van der Waals surface area contributed by atoms with Gasteiger partial charge in [-0.25, -0.2) is 0 Å². The predicted molar refractivity (Wildman–Crippen MR) is 89.4 cm³/mol. The largest absolute Gasteiger partial charge is 0.385 e. The van der Waals surface area contributed by atoms with E-state index in [4.69, 9.17) is 0 Å². The topological polar surface area (TPSA) is 41.1 Å². The Morgan fingerprint density at radius 1 is 1.19 bits per heavy atom. The van der Waals surface area contributed by atoms with Crippen LogP contribution < -0.4 is 10.6 Å². The van der Waals surface area contributed by atoms with E-state index >= 15 is 0 Å². The molecule has 3 rings (SSSR count). The lowest BCUT2D eigenvalue weighted by Gasteiger charge is -2.20. The van der Waals surface area contributed by atoms with Gasteiger partial charge in [0.15, 0.2) is 0 Å². The average molecular weight is 298 g/mol. The van der Waals surface area contributed by atoms with Gasteiger partial charge in [-0.05, 0) is 48.9 Å². The summed E-state index contributed by atoms with van der Waals surface area (Å²) in [6, 6.07) is 13.8. The normalized spacial score (nSPS) is 13.2. The van der Waals surface area contributed by atoms with Gasteiger partial charge in [-0.15, -0.1) is 11.8 Å². The summed E-state index contributed by atoms with van der Waals surface area (Å²) >= 11 is 1.63. The fourth-order valence-electron chi connectivity index (χ4n) is 2.66. The fraction of sp³-hybridized carbons (Fsp3) is 0.235. The molecule has 3 nitrogen and oxygen atoms in total. The molecular weight excluding hydrogens is 280 g/mol. The second-order valence-electron chi connectivity index (χ2n) is 5.02. The van der Waals surface area contributed by atoms with Gasteiger partial charge in [0.1, 0.15) is 0 Å². The van der Waals surface area contributed by atoms with Gasteiger partial charge in [0, 0.05) is 22.7 Å². The number of carbonyl (C=O) groups excluding carboxylic acids is 1. The molecule has 1 heterocycles. The molecule has 2 N–H and O–H groups in total. The van der Waals surface area contributed by atoms with Crippen LogP contribution in [0.4, 0.5) is 11.4 Å². The summed E-state index contributed by atoms with van der Waals surface area (Å²) in [6.45, 7) is 0.980. The Bertz CT molecular complexity index is 670. The Kier molecular flexibility index (Phi) is 4.15. The number of anilines is 2. The number of amides is 1. The Hall–Kier alpha value is -1.94. The number of hydrogen-bond acceptors (Lipinski definition) is 3. The number of para-hydroxylation sites is 1. The summed E-state index contributed by atoms with van der Waals surface area (Å²) in [5, 5.41) is 6.40. The predicted octanol–water partition coefficient (Wildman–Crippen LogP) is 4.02. The van der Waals surface area contributed by atoms with Crippen LogP contribution in [0.2, 0.25) is 0 Å². The molecule has 0 saturated carbocycles. The third kappa shape index (κ3) is 2.90. The van der Waals surface area contributed by atoms with Crippen LogP contribution in [0.5, 0.6) is 0 Å². The third-order valence-electron chi connectivity index (χ3n) is 3.69. The van der Waals surface area contributed by atoms with Crippen LogP contribution in [0, 0.1) is 0 Å². The first kappa shape index (κ1) is 14.0. The van der Waals surface area contributed by atoms with Crippen molar-refractivity contribution in [2.75, 3.05) is 23.4 Å². The zero-order chi connectivity index (χ0) is 14.7. The summed E-state index contributed by atoms with van der Waals surface area (Å²) in [6.07, 6.45) is 4.04. The van der Waals surface area contributed by atoms with E-state index in [1.165, 1.54) is 0 Å². The Labute approximate surface area is 129 Å². The fourth-order valence-corrected chi connectivity index (χ4v) is 3.21. The lowest BCUT2D eigenvalue weighted by molar-refractivity contribution is 0.102. The minimum Gasteiger partial charge on any atom is -0.385 e. The van der Waals surface area contributed by atoms with Gasteiger partial charge in [-0.1, -0.05) is 18.2 Å². The number of benzene rings is 2. The second-order valence-corrected chi connectivity index (χ2v) is 5.86. The number of fused-ring (bicyclic) bond motifs is 1. The first-order chi connectivity index (χ1) is 10.3. The van der Waals surface area contributed by atoms with Gasteiger partial charge < -0.3 is 10.6 Å². The third-order valence-corrected chi connectivity index (χ3v) is 4.49. The molecule has 2 aromatic carbocycles. The molecule has 108 valence electrons. The van der Waals surface area contributed by atoms with Gasteiger partial charge in [0.2, 0.25) is 0 Å². The summed E-state index contributed by atoms with van der Waals surface area (Å²) in [5.41, 5.74) is 3.86. The van der Waals surface area contributed by atoms with Crippen LogP contribution in [0.3, 0.4) is 0 Å². The van der Waals surface area contributed by atoms with Crippen molar-refractivity contribution < 1.29 is 4.79 Å². The minimum absolute atomic E-state index is 0.0305. The quantitative estimate of drug-likeness (QED) is 0.841. The van der Waals surface area contributed by atoms with Gasteiger partial charge in [-0.2, -0.15) is 0 Å². The number of hydrogen-bond donors (Lipinski definition) is 2. The van der Waals surface area contributed by atoms with Crippen LogP contribution in [-0.2, 0) is 6.42 Å². The summed E-state index contributed by atoms with van der Waals surface area (Å²) in [7, 11) is 0. The van der Waals surface area contributed by atoms with Crippen molar-refractivity contribution >= 4 is 29.0 Å². The van der Waals surface area contributed by atoms with E-state index < -0.39 is 0 Å². The molecule has 0 saturated heterocycles. The van der Waals surface area contributed by atoms with Crippen molar-refractivity contribution in [3.8, 4) is 0 Å². The zero-order valence-electron chi connectivity index (χ0n) is 12.0. The lowest BCUT2D eigenvalue weighted by atomic mass is 9.97. The van der Waals surface area contributed by atoms with E-state index in [0.29, 0.717) is 0 Å². The molecule has 0 aromatic heterocycles. The van der Waals surface area contributed by atoms with E-state index in [9.17, 15) is 4.79 Å². The number of rotatable bonds is 3. The SMILES string of the molecule is CSc1ccccc1NC(=O)c1cccc2c1CCCN2.